The van der Waals surface area contributed by atoms with Crippen LogP contribution in [0.25, 0.3) is 0 Å². The topological polar surface area (TPSA) is 21.3 Å². The van der Waals surface area contributed by atoms with E-state index in [4.69, 9.17) is 4.74 Å². The van der Waals surface area contributed by atoms with Gasteiger partial charge in [0.05, 0.1) is 0 Å². The number of nitrogens with one attached hydrogen (secondary N) is 1. The zero-order valence-electron chi connectivity index (χ0n) is 13.2. The SMILES string of the molecule is CCNCc1ccc(Oc2ccc(C(C)CC)cc2)cc1. The highest BCUT2D eigenvalue weighted by molar-refractivity contribution is 5.35. The minimum atomic E-state index is 0.601. The van der Waals surface area contributed by atoms with Gasteiger partial charge in [0.2, 0.25) is 0 Å². The number of ether oxygens (including phenoxy) is 1. The molecule has 1 unspecified atom stereocenters. The predicted molar refractivity (Wildman–Crippen MR) is 89.0 cm³/mol. The van der Waals surface area contributed by atoms with E-state index in [0.717, 1.165) is 31.0 Å². The van der Waals surface area contributed by atoms with Crippen molar-refractivity contribution in [2.75, 3.05) is 6.54 Å². The van der Waals surface area contributed by atoms with Crippen LogP contribution in [0.3, 0.4) is 0 Å². The minimum absolute atomic E-state index is 0.601. The lowest BCUT2D eigenvalue weighted by molar-refractivity contribution is 0.482. The molecule has 0 spiro atoms. The van der Waals surface area contributed by atoms with Crippen molar-refractivity contribution in [1.29, 1.82) is 0 Å². The maximum Gasteiger partial charge on any atom is 0.127 e. The Labute approximate surface area is 128 Å². The Kier molecular flexibility index (Phi) is 5.82. The molecule has 2 aromatic carbocycles. The molecule has 0 aliphatic rings. The Hall–Kier alpha value is -1.80. The predicted octanol–water partition coefficient (Wildman–Crippen LogP) is 5.10. The molecule has 0 radical (unpaired) electrons. The summed E-state index contributed by atoms with van der Waals surface area (Å²) in [5, 5.41) is 3.32. The van der Waals surface area contributed by atoms with Crippen molar-refractivity contribution in [1.82, 2.24) is 5.32 Å². The van der Waals surface area contributed by atoms with Crippen LogP contribution in [-0.2, 0) is 6.54 Å². The first-order chi connectivity index (χ1) is 10.2. The summed E-state index contributed by atoms with van der Waals surface area (Å²) < 4.78 is 5.89. The van der Waals surface area contributed by atoms with Gasteiger partial charge in [-0.05, 0) is 54.3 Å². The number of benzene rings is 2. The quantitative estimate of drug-likeness (QED) is 0.763. The van der Waals surface area contributed by atoms with Crippen LogP contribution in [0.1, 0.15) is 44.2 Å². The fraction of sp³-hybridized carbons (Fsp3) is 0.368. The highest BCUT2D eigenvalue weighted by atomic mass is 16.5. The summed E-state index contributed by atoms with van der Waals surface area (Å²) in [5.74, 6) is 2.37. The largest absolute Gasteiger partial charge is 0.457 e. The van der Waals surface area contributed by atoms with Gasteiger partial charge in [0.1, 0.15) is 11.5 Å². The second-order valence-corrected chi connectivity index (χ2v) is 5.40. The third kappa shape index (κ3) is 4.61. The van der Waals surface area contributed by atoms with Crippen molar-refractivity contribution in [3.63, 3.8) is 0 Å². The van der Waals surface area contributed by atoms with Crippen LogP contribution in [-0.4, -0.2) is 6.54 Å². The van der Waals surface area contributed by atoms with Gasteiger partial charge in [-0.25, -0.2) is 0 Å². The molecule has 0 saturated heterocycles. The van der Waals surface area contributed by atoms with Crippen LogP contribution in [0.15, 0.2) is 48.5 Å². The second-order valence-electron chi connectivity index (χ2n) is 5.40. The molecule has 1 atom stereocenters. The summed E-state index contributed by atoms with van der Waals surface area (Å²) in [5.41, 5.74) is 2.64. The molecule has 0 aromatic heterocycles. The Morgan fingerprint density at radius 1 is 0.905 bits per heavy atom. The minimum Gasteiger partial charge on any atom is -0.457 e. The summed E-state index contributed by atoms with van der Waals surface area (Å²) in [7, 11) is 0. The summed E-state index contributed by atoms with van der Waals surface area (Å²) in [6.45, 7) is 8.46. The average Bonchev–Trinajstić information content (AvgIpc) is 2.54. The van der Waals surface area contributed by atoms with E-state index in [9.17, 15) is 0 Å². The van der Waals surface area contributed by atoms with Gasteiger partial charge in [0.15, 0.2) is 0 Å². The van der Waals surface area contributed by atoms with Gasteiger partial charge in [0, 0.05) is 6.54 Å². The van der Waals surface area contributed by atoms with Crippen LogP contribution in [0.5, 0.6) is 11.5 Å². The van der Waals surface area contributed by atoms with Gasteiger partial charge in [-0.3, -0.25) is 0 Å². The van der Waals surface area contributed by atoms with Crippen molar-refractivity contribution in [2.24, 2.45) is 0 Å². The fourth-order valence-electron chi connectivity index (χ4n) is 2.18. The Balaban J connectivity index is 1.97. The molecule has 0 fully saturated rings. The maximum atomic E-state index is 5.89. The Bertz CT molecular complexity index is 530. The molecule has 21 heavy (non-hydrogen) atoms. The van der Waals surface area contributed by atoms with Gasteiger partial charge in [-0.1, -0.05) is 45.0 Å². The van der Waals surface area contributed by atoms with E-state index in [1.54, 1.807) is 0 Å². The van der Waals surface area contributed by atoms with Gasteiger partial charge in [0.25, 0.3) is 0 Å². The number of hydrogen-bond acceptors (Lipinski definition) is 2. The van der Waals surface area contributed by atoms with Crippen LogP contribution < -0.4 is 10.1 Å². The Morgan fingerprint density at radius 3 is 2.00 bits per heavy atom. The summed E-state index contributed by atoms with van der Waals surface area (Å²) in [6, 6.07) is 16.7. The van der Waals surface area contributed by atoms with Crippen LogP contribution in [0.2, 0.25) is 0 Å². The molecule has 112 valence electrons. The molecule has 0 bridgehead atoms. The summed E-state index contributed by atoms with van der Waals surface area (Å²) >= 11 is 0. The molecule has 0 amide bonds. The van der Waals surface area contributed by atoms with Gasteiger partial charge < -0.3 is 10.1 Å². The van der Waals surface area contributed by atoms with E-state index < -0.39 is 0 Å². The average molecular weight is 283 g/mol. The third-order valence-electron chi connectivity index (χ3n) is 3.80. The van der Waals surface area contributed by atoms with E-state index in [1.165, 1.54) is 11.1 Å². The lowest BCUT2D eigenvalue weighted by Crippen LogP contribution is -2.11. The lowest BCUT2D eigenvalue weighted by Gasteiger charge is -2.11. The van der Waals surface area contributed by atoms with Gasteiger partial charge in [-0.15, -0.1) is 0 Å². The first-order valence-corrected chi connectivity index (χ1v) is 7.80. The zero-order valence-corrected chi connectivity index (χ0v) is 13.2. The van der Waals surface area contributed by atoms with Crippen LogP contribution in [0, 0.1) is 0 Å². The normalized spacial score (nSPS) is 12.1. The molecule has 1 N–H and O–H groups in total. The highest BCUT2D eigenvalue weighted by Gasteiger charge is 2.03. The molecule has 2 heteroatoms. The lowest BCUT2D eigenvalue weighted by atomic mass is 9.99. The molecule has 0 saturated carbocycles. The van der Waals surface area contributed by atoms with E-state index in [2.05, 4.69) is 50.4 Å². The molecule has 0 aliphatic carbocycles. The first-order valence-electron chi connectivity index (χ1n) is 7.80. The molecule has 0 heterocycles. The van der Waals surface area contributed by atoms with E-state index in [0.29, 0.717) is 5.92 Å². The number of hydrogen-bond donors (Lipinski definition) is 1. The van der Waals surface area contributed by atoms with Crippen LogP contribution in [0.4, 0.5) is 0 Å². The number of rotatable bonds is 7. The van der Waals surface area contributed by atoms with Crippen molar-refractivity contribution in [2.45, 2.75) is 39.7 Å². The van der Waals surface area contributed by atoms with Crippen LogP contribution >= 0.6 is 0 Å². The monoisotopic (exact) mass is 283 g/mol. The van der Waals surface area contributed by atoms with Gasteiger partial charge >= 0.3 is 0 Å². The smallest absolute Gasteiger partial charge is 0.127 e. The molecular weight excluding hydrogens is 258 g/mol. The van der Waals surface area contributed by atoms with Crippen molar-refractivity contribution in [3.8, 4) is 11.5 Å². The van der Waals surface area contributed by atoms with Gasteiger partial charge in [-0.2, -0.15) is 0 Å². The molecular formula is C19H25NO. The standard InChI is InChI=1S/C19H25NO/c1-4-15(3)17-8-12-19(13-9-17)21-18-10-6-16(7-11-18)14-20-5-2/h6-13,15,20H,4-5,14H2,1-3H3. The van der Waals surface area contributed by atoms with Crippen molar-refractivity contribution >= 4 is 0 Å². The van der Waals surface area contributed by atoms with E-state index in [-0.39, 0.29) is 0 Å². The molecule has 0 aliphatic heterocycles. The second kappa shape index (κ2) is 7.84. The summed E-state index contributed by atoms with van der Waals surface area (Å²) in [4.78, 5) is 0. The third-order valence-corrected chi connectivity index (χ3v) is 3.80. The molecule has 2 rings (SSSR count). The van der Waals surface area contributed by atoms with Crippen molar-refractivity contribution in [3.05, 3.63) is 59.7 Å². The molecule has 2 aromatic rings. The Morgan fingerprint density at radius 2 is 1.48 bits per heavy atom. The zero-order chi connectivity index (χ0) is 15.1. The van der Waals surface area contributed by atoms with E-state index in [1.807, 2.05) is 24.3 Å². The first kappa shape index (κ1) is 15.6. The highest BCUT2D eigenvalue weighted by Crippen LogP contribution is 2.25. The van der Waals surface area contributed by atoms with E-state index >= 15 is 0 Å². The maximum absolute atomic E-state index is 5.89. The van der Waals surface area contributed by atoms with Crippen molar-refractivity contribution < 1.29 is 4.74 Å². The summed E-state index contributed by atoms with van der Waals surface area (Å²) in [6.07, 6.45) is 1.16. The molecule has 2 nitrogen and oxygen atoms in total. The fourth-order valence-corrected chi connectivity index (χ4v) is 2.18.